The fourth-order valence-electron chi connectivity index (χ4n) is 3.78. The molecule has 0 bridgehead atoms. The van der Waals surface area contributed by atoms with Crippen molar-refractivity contribution in [2.24, 2.45) is 0 Å². The third kappa shape index (κ3) is 3.76. The minimum Gasteiger partial charge on any atom is -0.398 e. The highest BCUT2D eigenvalue weighted by Gasteiger charge is 2.21. The zero-order valence-corrected chi connectivity index (χ0v) is 16.9. The number of nitrogens with zero attached hydrogens (tertiary/aromatic N) is 3. The van der Waals surface area contributed by atoms with Gasteiger partial charge in [-0.1, -0.05) is 35.9 Å². The molecule has 1 aromatic heterocycles. The van der Waals surface area contributed by atoms with Gasteiger partial charge in [0.15, 0.2) is 0 Å². The van der Waals surface area contributed by atoms with Crippen LogP contribution in [0, 0.1) is 6.92 Å². The molecule has 0 unspecified atom stereocenters. The maximum absolute atomic E-state index is 6.35. The Bertz CT molecular complexity index is 1000. The van der Waals surface area contributed by atoms with Crippen molar-refractivity contribution in [2.45, 2.75) is 32.2 Å². The lowest BCUT2D eigenvalue weighted by atomic mass is 9.87. The van der Waals surface area contributed by atoms with Crippen molar-refractivity contribution in [2.75, 3.05) is 23.0 Å². The standard InChI is InChI=1S/C22H24ClN5/c1-14-12-21(28(2)20-9-4-3-7-18(20)23)27-22(25-14)26-16-10-11-17-15(13-16)6-5-8-19(17)24/h3-9,12,16H,10-11,13,24H2,1-2H3,(H,25,26,27)/t16-/m0/s1. The second kappa shape index (κ2) is 7.68. The summed E-state index contributed by atoms with van der Waals surface area (Å²) >= 11 is 6.35. The number of rotatable bonds is 4. The number of anilines is 4. The molecule has 1 aliphatic carbocycles. The number of nitrogens with one attached hydrogen (secondary N) is 1. The van der Waals surface area contributed by atoms with Gasteiger partial charge >= 0.3 is 0 Å². The van der Waals surface area contributed by atoms with E-state index in [1.54, 1.807) is 0 Å². The lowest BCUT2D eigenvalue weighted by molar-refractivity contribution is 0.607. The Morgan fingerprint density at radius 2 is 1.96 bits per heavy atom. The average Bonchev–Trinajstić information content (AvgIpc) is 2.67. The van der Waals surface area contributed by atoms with Crippen LogP contribution in [0.15, 0.2) is 48.5 Å². The molecule has 1 heterocycles. The molecule has 0 amide bonds. The van der Waals surface area contributed by atoms with Crippen molar-refractivity contribution in [1.29, 1.82) is 0 Å². The van der Waals surface area contributed by atoms with Crippen LogP contribution in [0.2, 0.25) is 5.02 Å². The van der Waals surface area contributed by atoms with Crippen LogP contribution < -0.4 is 16.0 Å². The molecule has 0 saturated heterocycles. The van der Waals surface area contributed by atoms with E-state index in [1.165, 1.54) is 11.1 Å². The van der Waals surface area contributed by atoms with E-state index < -0.39 is 0 Å². The molecule has 6 heteroatoms. The van der Waals surface area contributed by atoms with E-state index in [1.807, 2.05) is 61.3 Å². The fourth-order valence-corrected chi connectivity index (χ4v) is 4.04. The highest BCUT2D eigenvalue weighted by Crippen LogP contribution is 2.31. The number of fused-ring (bicyclic) bond motifs is 1. The van der Waals surface area contributed by atoms with Crippen LogP contribution in [0.3, 0.4) is 0 Å². The molecule has 144 valence electrons. The van der Waals surface area contributed by atoms with Gasteiger partial charge in [-0.05, 0) is 55.5 Å². The van der Waals surface area contributed by atoms with Crippen molar-refractivity contribution in [1.82, 2.24) is 9.97 Å². The highest BCUT2D eigenvalue weighted by atomic mass is 35.5. The molecule has 2 aromatic carbocycles. The molecule has 0 fully saturated rings. The Hall–Kier alpha value is -2.79. The van der Waals surface area contributed by atoms with Crippen molar-refractivity contribution in [3.63, 3.8) is 0 Å². The smallest absolute Gasteiger partial charge is 0.225 e. The molecule has 0 aliphatic heterocycles. The summed E-state index contributed by atoms with van der Waals surface area (Å²) in [7, 11) is 1.96. The van der Waals surface area contributed by atoms with Crippen LogP contribution in [0.4, 0.5) is 23.1 Å². The Labute approximate surface area is 170 Å². The first kappa shape index (κ1) is 18.6. The van der Waals surface area contributed by atoms with E-state index in [0.29, 0.717) is 11.0 Å². The number of halogens is 1. The molecule has 0 spiro atoms. The summed E-state index contributed by atoms with van der Waals surface area (Å²) < 4.78 is 0. The van der Waals surface area contributed by atoms with Gasteiger partial charge in [-0.25, -0.2) is 4.98 Å². The van der Waals surface area contributed by atoms with E-state index in [4.69, 9.17) is 22.3 Å². The molecule has 4 rings (SSSR count). The predicted octanol–water partition coefficient (Wildman–Crippen LogP) is 4.76. The molecule has 28 heavy (non-hydrogen) atoms. The number of benzene rings is 2. The number of nitrogen functional groups attached to an aromatic ring is 1. The topological polar surface area (TPSA) is 67.1 Å². The molecular weight excluding hydrogens is 370 g/mol. The van der Waals surface area contributed by atoms with E-state index >= 15 is 0 Å². The molecule has 0 radical (unpaired) electrons. The minimum atomic E-state index is 0.287. The normalized spacial score (nSPS) is 15.8. The Morgan fingerprint density at radius 1 is 1.14 bits per heavy atom. The maximum atomic E-state index is 6.35. The third-order valence-electron chi connectivity index (χ3n) is 5.25. The van der Waals surface area contributed by atoms with Gasteiger partial charge in [0.2, 0.25) is 5.95 Å². The van der Waals surface area contributed by atoms with Gasteiger partial charge in [0, 0.05) is 30.5 Å². The molecular formula is C22H24ClN5. The number of hydrogen-bond donors (Lipinski definition) is 2. The zero-order valence-electron chi connectivity index (χ0n) is 16.1. The SMILES string of the molecule is Cc1cc(N(C)c2ccccc2Cl)nc(N[C@H]2CCc3c(N)cccc3C2)n1. The predicted molar refractivity (Wildman–Crippen MR) is 117 cm³/mol. The second-order valence-electron chi connectivity index (χ2n) is 7.27. The summed E-state index contributed by atoms with van der Waals surface area (Å²) in [5, 5.41) is 4.21. The average molecular weight is 394 g/mol. The summed E-state index contributed by atoms with van der Waals surface area (Å²) in [6.45, 7) is 1.98. The van der Waals surface area contributed by atoms with Crippen molar-refractivity contribution in [3.8, 4) is 0 Å². The first-order valence-corrected chi connectivity index (χ1v) is 9.86. The third-order valence-corrected chi connectivity index (χ3v) is 5.57. The number of para-hydroxylation sites is 1. The second-order valence-corrected chi connectivity index (χ2v) is 7.68. The van der Waals surface area contributed by atoms with E-state index in [-0.39, 0.29) is 6.04 Å². The van der Waals surface area contributed by atoms with Crippen LogP contribution in [0.25, 0.3) is 0 Å². The van der Waals surface area contributed by atoms with Crippen LogP contribution in [-0.4, -0.2) is 23.1 Å². The molecule has 5 nitrogen and oxygen atoms in total. The van der Waals surface area contributed by atoms with Crippen LogP contribution in [0.1, 0.15) is 23.2 Å². The lowest BCUT2D eigenvalue weighted by Crippen LogP contribution is -2.29. The molecule has 1 aliphatic rings. The summed E-state index contributed by atoms with van der Waals surface area (Å²) in [4.78, 5) is 11.3. The Morgan fingerprint density at radius 3 is 2.79 bits per heavy atom. The lowest BCUT2D eigenvalue weighted by Gasteiger charge is -2.27. The van der Waals surface area contributed by atoms with Crippen molar-refractivity contribution < 1.29 is 0 Å². The molecule has 0 saturated carbocycles. The van der Waals surface area contributed by atoms with Crippen LogP contribution in [-0.2, 0) is 12.8 Å². The summed E-state index contributed by atoms with van der Waals surface area (Å²) in [5.74, 6) is 1.45. The van der Waals surface area contributed by atoms with E-state index in [0.717, 1.165) is 42.1 Å². The van der Waals surface area contributed by atoms with Crippen molar-refractivity contribution >= 4 is 34.7 Å². The zero-order chi connectivity index (χ0) is 19.7. The fraction of sp³-hybridized carbons (Fsp3) is 0.273. The largest absolute Gasteiger partial charge is 0.398 e. The summed E-state index contributed by atoms with van der Waals surface area (Å²) in [6, 6.07) is 16.2. The minimum absolute atomic E-state index is 0.287. The molecule has 3 aromatic rings. The van der Waals surface area contributed by atoms with Gasteiger partial charge in [-0.15, -0.1) is 0 Å². The number of aryl methyl sites for hydroxylation is 1. The van der Waals surface area contributed by atoms with Gasteiger partial charge in [0.25, 0.3) is 0 Å². The van der Waals surface area contributed by atoms with Gasteiger partial charge < -0.3 is 16.0 Å². The highest BCUT2D eigenvalue weighted by molar-refractivity contribution is 6.33. The van der Waals surface area contributed by atoms with Crippen molar-refractivity contribution in [3.05, 3.63) is 70.4 Å². The van der Waals surface area contributed by atoms with E-state index in [2.05, 4.69) is 16.4 Å². The quantitative estimate of drug-likeness (QED) is 0.625. The number of nitrogens with two attached hydrogens (primary N) is 1. The first-order valence-electron chi connectivity index (χ1n) is 9.48. The van der Waals surface area contributed by atoms with E-state index in [9.17, 15) is 0 Å². The number of aromatic nitrogens is 2. The monoisotopic (exact) mass is 393 g/mol. The Kier molecular flexibility index (Phi) is 5.09. The van der Waals surface area contributed by atoms with Gasteiger partial charge in [-0.2, -0.15) is 4.98 Å². The summed E-state index contributed by atoms with van der Waals surface area (Å²) in [6.07, 6.45) is 2.90. The van der Waals surface area contributed by atoms with Gasteiger partial charge in [0.05, 0.1) is 10.7 Å². The maximum Gasteiger partial charge on any atom is 0.225 e. The Balaban J connectivity index is 1.56. The van der Waals surface area contributed by atoms with Gasteiger partial charge in [-0.3, -0.25) is 0 Å². The van der Waals surface area contributed by atoms with Gasteiger partial charge in [0.1, 0.15) is 5.82 Å². The summed E-state index contributed by atoms with van der Waals surface area (Å²) in [5.41, 5.74) is 11.4. The first-order chi connectivity index (χ1) is 13.5. The molecule has 3 N–H and O–H groups in total. The molecule has 1 atom stereocenters. The van der Waals surface area contributed by atoms with Crippen LogP contribution in [0.5, 0.6) is 0 Å². The van der Waals surface area contributed by atoms with Crippen LogP contribution >= 0.6 is 11.6 Å². The number of hydrogen-bond acceptors (Lipinski definition) is 5.